The molecule has 6 heteroatoms. The molecule has 0 saturated carbocycles. The lowest BCUT2D eigenvalue weighted by Crippen LogP contribution is -1.82. The molecule has 0 spiro atoms. The van der Waals surface area contributed by atoms with Crippen molar-refractivity contribution in [2.45, 2.75) is 0 Å². The molecule has 3 aromatic rings. The van der Waals surface area contributed by atoms with Gasteiger partial charge in [0.1, 0.15) is 5.82 Å². The van der Waals surface area contributed by atoms with Gasteiger partial charge in [-0.3, -0.25) is 0 Å². The molecular formula is C13H6Cl2F2N2. The Morgan fingerprint density at radius 3 is 2.47 bits per heavy atom. The van der Waals surface area contributed by atoms with E-state index in [1.807, 2.05) is 0 Å². The van der Waals surface area contributed by atoms with Gasteiger partial charge >= 0.3 is 0 Å². The summed E-state index contributed by atoms with van der Waals surface area (Å²) in [6, 6.07) is 7.03. The second-order valence-electron chi connectivity index (χ2n) is 3.99. The molecule has 0 atom stereocenters. The molecule has 0 aliphatic rings. The highest BCUT2D eigenvalue weighted by Gasteiger charge is 2.12. The van der Waals surface area contributed by atoms with Crippen LogP contribution in [0.2, 0.25) is 10.0 Å². The van der Waals surface area contributed by atoms with Crippen molar-refractivity contribution in [1.82, 2.24) is 9.97 Å². The first-order chi connectivity index (χ1) is 9.04. The van der Waals surface area contributed by atoms with Crippen molar-refractivity contribution < 1.29 is 8.78 Å². The monoisotopic (exact) mass is 298 g/mol. The Kier molecular flexibility index (Phi) is 2.92. The van der Waals surface area contributed by atoms with Crippen LogP contribution in [0.4, 0.5) is 8.78 Å². The third-order valence-electron chi connectivity index (χ3n) is 2.71. The number of imidazole rings is 1. The van der Waals surface area contributed by atoms with E-state index in [-0.39, 0.29) is 0 Å². The van der Waals surface area contributed by atoms with Crippen LogP contribution < -0.4 is 0 Å². The SMILES string of the molecule is Fc1cc2nc(-c3ccc(Cl)cc3Cl)[nH]c2cc1F. The zero-order chi connectivity index (χ0) is 13.6. The standard InChI is InChI=1S/C13H6Cl2F2N2/c14-6-1-2-7(8(15)3-6)13-18-11-4-9(16)10(17)5-12(11)19-13/h1-5H,(H,18,19). The summed E-state index contributed by atoms with van der Waals surface area (Å²) < 4.78 is 26.2. The highest BCUT2D eigenvalue weighted by atomic mass is 35.5. The number of benzene rings is 2. The molecular weight excluding hydrogens is 293 g/mol. The van der Waals surface area contributed by atoms with Crippen LogP contribution in [0.1, 0.15) is 0 Å². The molecule has 2 nitrogen and oxygen atoms in total. The minimum absolute atomic E-state index is 0.333. The van der Waals surface area contributed by atoms with E-state index in [1.54, 1.807) is 18.2 Å². The minimum Gasteiger partial charge on any atom is -0.338 e. The largest absolute Gasteiger partial charge is 0.338 e. The first kappa shape index (κ1) is 12.4. The summed E-state index contributed by atoms with van der Waals surface area (Å²) in [7, 11) is 0. The van der Waals surface area contributed by atoms with Crippen molar-refractivity contribution in [2.24, 2.45) is 0 Å². The van der Waals surface area contributed by atoms with Gasteiger partial charge in [-0.2, -0.15) is 0 Å². The van der Waals surface area contributed by atoms with Crippen LogP contribution in [-0.4, -0.2) is 9.97 Å². The third-order valence-corrected chi connectivity index (χ3v) is 3.26. The fourth-order valence-electron chi connectivity index (χ4n) is 1.81. The number of fused-ring (bicyclic) bond motifs is 1. The number of H-pyrrole nitrogens is 1. The van der Waals surface area contributed by atoms with E-state index in [2.05, 4.69) is 9.97 Å². The maximum absolute atomic E-state index is 13.1. The molecule has 0 saturated heterocycles. The summed E-state index contributed by atoms with van der Waals surface area (Å²) in [5.74, 6) is -1.43. The van der Waals surface area contributed by atoms with Crippen LogP contribution in [0.15, 0.2) is 30.3 Å². The normalized spacial score (nSPS) is 11.2. The van der Waals surface area contributed by atoms with E-state index in [4.69, 9.17) is 23.2 Å². The van der Waals surface area contributed by atoms with Crippen LogP contribution in [0.25, 0.3) is 22.4 Å². The third kappa shape index (κ3) is 2.17. The molecule has 0 bridgehead atoms. The van der Waals surface area contributed by atoms with Crippen LogP contribution in [0.3, 0.4) is 0 Å². The summed E-state index contributed by atoms with van der Waals surface area (Å²) in [5.41, 5.74) is 1.35. The van der Waals surface area contributed by atoms with Crippen LogP contribution in [0.5, 0.6) is 0 Å². The van der Waals surface area contributed by atoms with Crippen molar-refractivity contribution in [3.63, 3.8) is 0 Å². The van der Waals surface area contributed by atoms with E-state index in [0.717, 1.165) is 12.1 Å². The van der Waals surface area contributed by atoms with Gasteiger partial charge in [0, 0.05) is 22.7 Å². The molecule has 0 unspecified atom stereocenters. The lowest BCUT2D eigenvalue weighted by Gasteiger charge is -2.00. The molecule has 0 aliphatic heterocycles. The Morgan fingerprint density at radius 1 is 1.00 bits per heavy atom. The Labute approximate surface area is 117 Å². The van der Waals surface area contributed by atoms with Crippen molar-refractivity contribution in [2.75, 3.05) is 0 Å². The molecule has 96 valence electrons. The molecule has 3 rings (SSSR count). The van der Waals surface area contributed by atoms with Gasteiger partial charge in [-0.1, -0.05) is 23.2 Å². The number of hydrogen-bond donors (Lipinski definition) is 1. The van der Waals surface area contributed by atoms with Crippen LogP contribution in [0, 0.1) is 11.6 Å². The molecule has 1 aromatic heterocycles. The summed E-state index contributed by atoms with van der Waals surface area (Å²) in [6.45, 7) is 0. The van der Waals surface area contributed by atoms with Crippen LogP contribution >= 0.6 is 23.2 Å². The average Bonchev–Trinajstić information content (AvgIpc) is 2.72. The lowest BCUT2D eigenvalue weighted by atomic mass is 10.2. The number of halogens is 4. The van der Waals surface area contributed by atoms with Gasteiger partial charge in [-0.15, -0.1) is 0 Å². The molecule has 2 aromatic carbocycles. The second kappa shape index (κ2) is 4.47. The fourth-order valence-corrected chi connectivity index (χ4v) is 2.31. The van der Waals surface area contributed by atoms with E-state index in [0.29, 0.717) is 32.5 Å². The van der Waals surface area contributed by atoms with Gasteiger partial charge < -0.3 is 4.98 Å². The van der Waals surface area contributed by atoms with Crippen molar-refractivity contribution in [1.29, 1.82) is 0 Å². The topological polar surface area (TPSA) is 28.7 Å². The van der Waals surface area contributed by atoms with E-state index < -0.39 is 11.6 Å². The summed E-state index contributed by atoms with van der Waals surface area (Å²) in [6.07, 6.45) is 0. The number of hydrogen-bond acceptors (Lipinski definition) is 1. The van der Waals surface area contributed by atoms with E-state index >= 15 is 0 Å². The molecule has 0 aliphatic carbocycles. The van der Waals surface area contributed by atoms with Crippen LogP contribution in [-0.2, 0) is 0 Å². The zero-order valence-electron chi connectivity index (χ0n) is 9.35. The highest BCUT2D eigenvalue weighted by Crippen LogP contribution is 2.30. The Balaban J connectivity index is 2.20. The first-order valence-electron chi connectivity index (χ1n) is 5.35. The summed E-state index contributed by atoms with van der Waals surface area (Å²) in [4.78, 5) is 7.08. The first-order valence-corrected chi connectivity index (χ1v) is 6.10. The molecule has 0 radical (unpaired) electrons. The minimum atomic E-state index is -0.937. The van der Waals surface area contributed by atoms with Gasteiger partial charge in [0.25, 0.3) is 0 Å². The Morgan fingerprint density at radius 2 is 1.74 bits per heavy atom. The van der Waals surface area contributed by atoms with Gasteiger partial charge in [0.15, 0.2) is 11.6 Å². The smallest absolute Gasteiger partial charge is 0.161 e. The molecule has 19 heavy (non-hydrogen) atoms. The van der Waals surface area contributed by atoms with E-state index in [9.17, 15) is 8.78 Å². The van der Waals surface area contributed by atoms with E-state index in [1.165, 1.54) is 0 Å². The number of aromatic nitrogens is 2. The predicted octanol–water partition coefficient (Wildman–Crippen LogP) is 4.81. The van der Waals surface area contributed by atoms with Crippen molar-refractivity contribution in [3.05, 3.63) is 52.0 Å². The van der Waals surface area contributed by atoms with Crippen molar-refractivity contribution >= 4 is 34.2 Å². The summed E-state index contributed by atoms with van der Waals surface area (Å²) >= 11 is 11.9. The molecule has 1 N–H and O–H groups in total. The van der Waals surface area contributed by atoms with Gasteiger partial charge in [-0.25, -0.2) is 13.8 Å². The maximum atomic E-state index is 13.1. The average molecular weight is 299 g/mol. The molecule has 0 fully saturated rings. The Hall–Kier alpha value is -1.65. The van der Waals surface area contributed by atoms with Gasteiger partial charge in [0.05, 0.1) is 16.1 Å². The Bertz CT molecular complexity index is 745. The maximum Gasteiger partial charge on any atom is 0.161 e. The highest BCUT2D eigenvalue weighted by molar-refractivity contribution is 6.36. The quantitative estimate of drug-likeness (QED) is 0.686. The number of nitrogens with one attached hydrogen (secondary N) is 1. The van der Waals surface area contributed by atoms with Gasteiger partial charge in [-0.05, 0) is 18.2 Å². The predicted molar refractivity (Wildman–Crippen MR) is 71.5 cm³/mol. The zero-order valence-corrected chi connectivity index (χ0v) is 10.9. The number of rotatable bonds is 1. The van der Waals surface area contributed by atoms with Crippen molar-refractivity contribution in [3.8, 4) is 11.4 Å². The molecule has 1 heterocycles. The fraction of sp³-hybridized carbons (Fsp3) is 0. The lowest BCUT2D eigenvalue weighted by molar-refractivity contribution is 0.510. The molecule has 0 amide bonds. The van der Waals surface area contributed by atoms with Gasteiger partial charge in [0.2, 0.25) is 0 Å². The summed E-state index contributed by atoms with van der Waals surface area (Å²) in [5, 5.41) is 0.912. The number of nitrogens with zero attached hydrogens (tertiary/aromatic N) is 1. The number of aromatic amines is 1. The second-order valence-corrected chi connectivity index (χ2v) is 4.84.